The molecule has 0 aliphatic carbocycles. The molecule has 0 bridgehead atoms. The smallest absolute Gasteiger partial charge is 0.301 e. The van der Waals surface area contributed by atoms with E-state index in [1.807, 2.05) is 19.1 Å². The molecule has 0 saturated carbocycles. The van der Waals surface area contributed by atoms with Crippen molar-refractivity contribution in [3.05, 3.63) is 63.3 Å². The summed E-state index contributed by atoms with van der Waals surface area (Å²) in [5, 5.41) is 25.8. The molecular formula is C15H12I2N4O5. The van der Waals surface area contributed by atoms with E-state index in [0.29, 0.717) is 6.61 Å². The molecule has 2 rings (SSSR count). The molecule has 0 aliphatic heterocycles. The van der Waals surface area contributed by atoms with Crippen LogP contribution in [0, 0.1) is 27.4 Å². The zero-order valence-electron chi connectivity index (χ0n) is 13.3. The van der Waals surface area contributed by atoms with Crippen LogP contribution < -0.4 is 10.2 Å². The van der Waals surface area contributed by atoms with Gasteiger partial charge in [0, 0.05) is 6.07 Å². The van der Waals surface area contributed by atoms with Crippen molar-refractivity contribution in [3.8, 4) is 5.75 Å². The molecule has 1 N–H and O–H groups in total. The van der Waals surface area contributed by atoms with Crippen LogP contribution in [0.2, 0.25) is 0 Å². The highest BCUT2D eigenvalue weighted by molar-refractivity contribution is 14.1. The first-order chi connectivity index (χ1) is 12.3. The summed E-state index contributed by atoms with van der Waals surface area (Å²) in [6.45, 7) is 2.47. The molecule has 0 saturated heterocycles. The molecule has 0 aliphatic rings. The van der Waals surface area contributed by atoms with Gasteiger partial charge in [-0.1, -0.05) is 0 Å². The minimum absolute atomic E-state index is 0.0622. The first-order valence-electron chi connectivity index (χ1n) is 7.17. The number of hydrogen-bond donors (Lipinski definition) is 1. The number of ether oxygens (including phenoxy) is 1. The lowest BCUT2D eigenvalue weighted by Crippen LogP contribution is -2.00. The average molecular weight is 582 g/mol. The zero-order chi connectivity index (χ0) is 19.3. The molecule has 0 aromatic heterocycles. The summed E-state index contributed by atoms with van der Waals surface area (Å²) in [6.07, 6.45) is 1.51. The number of hydrazone groups is 1. The van der Waals surface area contributed by atoms with Gasteiger partial charge in [-0.3, -0.25) is 25.7 Å². The summed E-state index contributed by atoms with van der Waals surface area (Å²) in [6, 6.07) is 7.04. The van der Waals surface area contributed by atoms with Crippen LogP contribution >= 0.6 is 45.2 Å². The Balaban J connectivity index is 2.23. The molecular weight excluding hydrogens is 570 g/mol. The average Bonchev–Trinajstić information content (AvgIpc) is 2.58. The molecule has 9 nitrogen and oxygen atoms in total. The molecule has 0 amide bonds. The van der Waals surface area contributed by atoms with Crippen molar-refractivity contribution in [2.45, 2.75) is 6.92 Å². The van der Waals surface area contributed by atoms with Crippen LogP contribution in [-0.2, 0) is 0 Å². The third-order valence-corrected chi connectivity index (χ3v) is 4.70. The number of nitrogens with zero attached hydrogens (tertiary/aromatic N) is 3. The third-order valence-electron chi connectivity index (χ3n) is 3.10. The lowest BCUT2D eigenvalue weighted by Gasteiger charge is -2.09. The summed E-state index contributed by atoms with van der Waals surface area (Å²) in [5.41, 5.74) is 2.61. The van der Waals surface area contributed by atoms with Gasteiger partial charge >= 0.3 is 5.69 Å². The summed E-state index contributed by atoms with van der Waals surface area (Å²) in [4.78, 5) is 20.4. The van der Waals surface area contributed by atoms with Gasteiger partial charge in [0.05, 0.1) is 35.9 Å². The third kappa shape index (κ3) is 5.00. The molecule has 11 heteroatoms. The minimum atomic E-state index is -0.701. The Bertz CT molecular complexity index is 865. The highest BCUT2D eigenvalue weighted by Gasteiger charge is 2.19. The molecule has 0 atom stereocenters. The summed E-state index contributed by atoms with van der Waals surface area (Å²) in [7, 11) is 0. The normalized spacial score (nSPS) is 10.7. The van der Waals surface area contributed by atoms with Crippen molar-refractivity contribution >= 4 is 68.5 Å². The number of anilines is 1. The van der Waals surface area contributed by atoms with E-state index < -0.39 is 15.5 Å². The Morgan fingerprint density at radius 1 is 1.15 bits per heavy atom. The molecule has 0 spiro atoms. The number of nitrogens with one attached hydrogen (secondary N) is 1. The first-order valence-corrected chi connectivity index (χ1v) is 9.33. The van der Waals surface area contributed by atoms with Gasteiger partial charge < -0.3 is 4.74 Å². The highest BCUT2D eigenvalue weighted by Crippen LogP contribution is 2.30. The van der Waals surface area contributed by atoms with E-state index in [-0.39, 0.29) is 11.4 Å². The van der Waals surface area contributed by atoms with Gasteiger partial charge in [-0.2, -0.15) is 5.10 Å². The maximum atomic E-state index is 11.1. The Kier molecular flexibility index (Phi) is 7.07. The predicted octanol–water partition coefficient (Wildman–Crippen LogP) is 4.56. The van der Waals surface area contributed by atoms with Crippen LogP contribution in [0.5, 0.6) is 5.75 Å². The maximum absolute atomic E-state index is 11.1. The van der Waals surface area contributed by atoms with Gasteiger partial charge in [-0.25, -0.2) is 0 Å². The number of hydrogen-bond acceptors (Lipinski definition) is 7. The minimum Gasteiger partial charge on any atom is -0.492 e. The van der Waals surface area contributed by atoms with Crippen molar-refractivity contribution in [3.63, 3.8) is 0 Å². The molecule has 0 fully saturated rings. The van der Waals surface area contributed by atoms with Gasteiger partial charge in [-0.15, -0.1) is 0 Å². The van der Waals surface area contributed by atoms with Crippen LogP contribution in [0.1, 0.15) is 12.5 Å². The monoisotopic (exact) mass is 582 g/mol. The van der Waals surface area contributed by atoms with Crippen molar-refractivity contribution in [2.24, 2.45) is 5.10 Å². The van der Waals surface area contributed by atoms with E-state index in [9.17, 15) is 20.2 Å². The maximum Gasteiger partial charge on any atom is 0.301 e. The number of nitro groups is 2. The summed E-state index contributed by atoms with van der Waals surface area (Å²) >= 11 is 4.31. The SMILES string of the molecule is CCOc1c(I)cc(/C=N\Nc2ccc([N+](=O)[O-])cc2[N+](=O)[O-])cc1I. The number of benzene rings is 2. The highest BCUT2D eigenvalue weighted by atomic mass is 127. The van der Waals surface area contributed by atoms with Crippen LogP contribution in [-0.4, -0.2) is 22.7 Å². The standard InChI is InChI=1S/C15H12I2N4O5/c1-2-26-15-11(16)5-9(6-12(15)17)8-18-19-13-4-3-10(20(22)23)7-14(13)21(24)25/h3-8,19H,2H2,1H3/b18-8-. The van der Waals surface area contributed by atoms with Crippen molar-refractivity contribution in [2.75, 3.05) is 12.0 Å². The van der Waals surface area contributed by atoms with E-state index in [1.165, 1.54) is 18.3 Å². The van der Waals surface area contributed by atoms with Crippen LogP contribution in [0.15, 0.2) is 35.4 Å². The molecule has 2 aromatic carbocycles. The number of halogens is 2. The van der Waals surface area contributed by atoms with Gasteiger partial charge in [0.2, 0.25) is 0 Å². The van der Waals surface area contributed by atoms with Crippen molar-refractivity contribution in [1.82, 2.24) is 0 Å². The van der Waals surface area contributed by atoms with Crippen molar-refractivity contribution < 1.29 is 14.6 Å². The fraction of sp³-hybridized carbons (Fsp3) is 0.133. The Labute approximate surface area is 175 Å². The number of nitro benzene ring substituents is 2. The van der Waals surface area contributed by atoms with Crippen molar-refractivity contribution in [1.29, 1.82) is 0 Å². The largest absolute Gasteiger partial charge is 0.492 e. The molecule has 0 radical (unpaired) electrons. The predicted molar refractivity (Wildman–Crippen MR) is 114 cm³/mol. The second kappa shape index (κ2) is 9.07. The van der Waals surface area contributed by atoms with Crippen LogP contribution in [0.25, 0.3) is 0 Å². The Morgan fingerprint density at radius 3 is 2.35 bits per heavy atom. The quantitative estimate of drug-likeness (QED) is 0.222. The first kappa shape index (κ1) is 20.3. The molecule has 2 aromatic rings. The van der Waals surface area contributed by atoms with Gasteiger partial charge in [0.1, 0.15) is 11.4 Å². The summed E-state index contributed by atoms with van der Waals surface area (Å²) < 4.78 is 7.40. The second-order valence-corrected chi connectivity index (χ2v) is 7.16. The van der Waals surface area contributed by atoms with Gasteiger partial charge in [-0.05, 0) is 75.9 Å². The van der Waals surface area contributed by atoms with Crippen LogP contribution in [0.3, 0.4) is 0 Å². The molecule has 136 valence electrons. The van der Waals surface area contributed by atoms with E-state index in [1.54, 1.807) is 0 Å². The van der Waals surface area contributed by atoms with Gasteiger partial charge in [0.15, 0.2) is 0 Å². The molecule has 26 heavy (non-hydrogen) atoms. The fourth-order valence-electron chi connectivity index (χ4n) is 1.99. The number of rotatable bonds is 7. The zero-order valence-corrected chi connectivity index (χ0v) is 17.6. The Hall–Kier alpha value is -2.03. The van der Waals surface area contributed by atoms with E-state index in [2.05, 4.69) is 55.7 Å². The fourth-order valence-corrected chi connectivity index (χ4v) is 4.12. The lowest BCUT2D eigenvalue weighted by atomic mass is 10.2. The molecule has 0 heterocycles. The number of non-ortho nitro benzene ring substituents is 1. The molecule has 0 unspecified atom stereocenters. The summed E-state index contributed by atoms with van der Waals surface area (Å²) in [5.74, 6) is 0.796. The van der Waals surface area contributed by atoms with E-state index >= 15 is 0 Å². The van der Waals surface area contributed by atoms with E-state index in [0.717, 1.165) is 24.5 Å². The topological polar surface area (TPSA) is 120 Å². The lowest BCUT2D eigenvalue weighted by molar-refractivity contribution is -0.393. The van der Waals surface area contributed by atoms with Gasteiger partial charge in [0.25, 0.3) is 5.69 Å². The second-order valence-electron chi connectivity index (χ2n) is 4.83. The van der Waals surface area contributed by atoms with Crippen LogP contribution in [0.4, 0.5) is 17.1 Å². The Morgan fingerprint density at radius 2 is 1.81 bits per heavy atom. The van der Waals surface area contributed by atoms with E-state index in [4.69, 9.17) is 4.74 Å².